The highest BCUT2D eigenvalue weighted by Gasteiger charge is 2.13. The normalized spacial score (nSPS) is 10.4. The molecular formula is C34H38N4O4. The number of rotatable bonds is 15. The lowest BCUT2D eigenvalue weighted by atomic mass is 10.1. The standard InChI is InChI=1S/C34H38N4O4/c1-41-31-21-11-9-19-29(31)37-27-17-7-5-15-25(27)33(39)35-23-13-3-4-14-24-36-34(40)26-16-6-8-18-28(26)38-30-20-10-12-22-32(30)42-2/h5-12,15-22,37-38H,3-4,13-14,23-24H2,1-2H3,(H,35,39)(H,36,40). The van der Waals surface area contributed by atoms with E-state index in [1.54, 1.807) is 26.4 Å². The molecule has 0 aliphatic rings. The van der Waals surface area contributed by atoms with E-state index in [9.17, 15) is 9.59 Å². The lowest BCUT2D eigenvalue weighted by molar-refractivity contribution is 0.0944. The van der Waals surface area contributed by atoms with Crippen LogP contribution < -0.4 is 30.7 Å². The zero-order chi connectivity index (χ0) is 29.6. The molecule has 0 fully saturated rings. The summed E-state index contributed by atoms with van der Waals surface area (Å²) in [6.07, 6.45) is 3.60. The zero-order valence-corrected chi connectivity index (χ0v) is 24.1. The van der Waals surface area contributed by atoms with Gasteiger partial charge in [-0.25, -0.2) is 0 Å². The Morgan fingerprint density at radius 2 is 0.857 bits per heavy atom. The summed E-state index contributed by atoms with van der Waals surface area (Å²) in [5, 5.41) is 12.7. The van der Waals surface area contributed by atoms with Gasteiger partial charge in [-0.2, -0.15) is 0 Å². The number of unbranched alkanes of at least 4 members (excludes halogenated alkanes) is 3. The molecule has 0 heterocycles. The fraction of sp³-hybridized carbons (Fsp3) is 0.235. The number of benzene rings is 4. The molecule has 0 saturated carbocycles. The van der Waals surface area contributed by atoms with Crippen LogP contribution >= 0.6 is 0 Å². The molecule has 0 atom stereocenters. The molecule has 0 radical (unpaired) electrons. The summed E-state index contributed by atoms with van der Waals surface area (Å²) in [6, 6.07) is 30.0. The van der Waals surface area contributed by atoms with E-state index in [4.69, 9.17) is 9.47 Å². The van der Waals surface area contributed by atoms with Crippen LogP contribution in [0.1, 0.15) is 46.4 Å². The summed E-state index contributed by atoms with van der Waals surface area (Å²) in [4.78, 5) is 25.8. The molecule has 0 bridgehead atoms. The third-order valence-corrected chi connectivity index (χ3v) is 6.77. The molecule has 218 valence electrons. The summed E-state index contributed by atoms with van der Waals surface area (Å²) < 4.78 is 10.8. The van der Waals surface area contributed by atoms with Gasteiger partial charge in [0.25, 0.3) is 11.8 Å². The molecule has 0 aliphatic heterocycles. The van der Waals surface area contributed by atoms with Gasteiger partial charge >= 0.3 is 0 Å². The third-order valence-electron chi connectivity index (χ3n) is 6.77. The summed E-state index contributed by atoms with van der Waals surface area (Å²) in [6.45, 7) is 1.16. The van der Waals surface area contributed by atoms with E-state index >= 15 is 0 Å². The Morgan fingerprint density at radius 3 is 1.26 bits per heavy atom. The minimum atomic E-state index is -0.124. The number of para-hydroxylation sites is 6. The highest BCUT2D eigenvalue weighted by atomic mass is 16.5. The highest BCUT2D eigenvalue weighted by molar-refractivity contribution is 6.01. The Balaban J connectivity index is 1.17. The van der Waals surface area contributed by atoms with Crippen LogP contribution in [0.2, 0.25) is 0 Å². The van der Waals surface area contributed by atoms with Gasteiger partial charge in [-0.05, 0) is 61.4 Å². The van der Waals surface area contributed by atoms with Crippen LogP contribution in [0.15, 0.2) is 97.1 Å². The second-order valence-electron chi connectivity index (χ2n) is 9.67. The van der Waals surface area contributed by atoms with Crippen molar-refractivity contribution >= 4 is 34.6 Å². The zero-order valence-electron chi connectivity index (χ0n) is 24.1. The Bertz CT molecular complexity index is 1360. The van der Waals surface area contributed by atoms with Crippen LogP contribution in [0.3, 0.4) is 0 Å². The van der Waals surface area contributed by atoms with Crippen LogP contribution in [0.5, 0.6) is 11.5 Å². The van der Waals surface area contributed by atoms with E-state index in [1.807, 2.05) is 84.9 Å². The average molecular weight is 567 g/mol. The Hall–Kier alpha value is -4.98. The van der Waals surface area contributed by atoms with Gasteiger partial charge in [-0.3, -0.25) is 9.59 Å². The number of methoxy groups -OCH3 is 2. The van der Waals surface area contributed by atoms with E-state index in [1.165, 1.54) is 0 Å². The quantitative estimate of drug-likeness (QED) is 0.117. The van der Waals surface area contributed by atoms with Gasteiger partial charge in [0.15, 0.2) is 0 Å². The van der Waals surface area contributed by atoms with Crippen molar-refractivity contribution in [3.8, 4) is 11.5 Å². The van der Waals surface area contributed by atoms with Crippen molar-refractivity contribution < 1.29 is 19.1 Å². The number of ether oxygens (including phenoxy) is 2. The van der Waals surface area contributed by atoms with Crippen molar-refractivity contribution in [2.45, 2.75) is 25.7 Å². The van der Waals surface area contributed by atoms with E-state index in [-0.39, 0.29) is 11.8 Å². The molecule has 0 aliphatic carbocycles. The van der Waals surface area contributed by atoms with Crippen LogP contribution in [0.25, 0.3) is 0 Å². The second-order valence-corrected chi connectivity index (χ2v) is 9.67. The van der Waals surface area contributed by atoms with Gasteiger partial charge in [-0.1, -0.05) is 61.4 Å². The first kappa shape index (κ1) is 30.0. The van der Waals surface area contributed by atoms with Crippen molar-refractivity contribution in [1.82, 2.24) is 10.6 Å². The molecule has 0 saturated heterocycles. The molecule has 8 nitrogen and oxygen atoms in total. The fourth-order valence-corrected chi connectivity index (χ4v) is 4.56. The first-order chi connectivity index (χ1) is 20.6. The van der Waals surface area contributed by atoms with Gasteiger partial charge in [0.2, 0.25) is 0 Å². The Morgan fingerprint density at radius 1 is 0.500 bits per heavy atom. The van der Waals surface area contributed by atoms with Gasteiger partial charge < -0.3 is 30.7 Å². The van der Waals surface area contributed by atoms with Gasteiger partial charge in [0.05, 0.1) is 48.1 Å². The molecule has 0 unspecified atom stereocenters. The van der Waals surface area contributed by atoms with Gasteiger partial charge in [0, 0.05) is 13.1 Å². The van der Waals surface area contributed by atoms with E-state index < -0.39 is 0 Å². The average Bonchev–Trinajstić information content (AvgIpc) is 3.03. The summed E-state index contributed by atoms with van der Waals surface area (Å²) in [7, 11) is 3.24. The number of carbonyl (C=O) groups excluding carboxylic acids is 2. The summed E-state index contributed by atoms with van der Waals surface area (Å²) in [5.74, 6) is 1.16. The minimum Gasteiger partial charge on any atom is -0.495 e. The molecule has 4 aromatic rings. The molecule has 8 heteroatoms. The fourth-order valence-electron chi connectivity index (χ4n) is 4.56. The van der Waals surface area contributed by atoms with Crippen LogP contribution in [0, 0.1) is 0 Å². The second kappa shape index (κ2) is 15.7. The summed E-state index contributed by atoms with van der Waals surface area (Å²) >= 11 is 0. The van der Waals surface area contributed by atoms with Crippen molar-refractivity contribution in [1.29, 1.82) is 0 Å². The number of hydrogen-bond donors (Lipinski definition) is 4. The van der Waals surface area contributed by atoms with Crippen molar-refractivity contribution in [3.05, 3.63) is 108 Å². The van der Waals surface area contributed by atoms with Crippen LogP contribution in [0.4, 0.5) is 22.7 Å². The molecule has 0 aromatic heterocycles. The van der Waals surface area contributed by atoms with E-state index in [0.29, 0.717) is 35.7 Å². The van der Waals surface area contributed by atoms with E-state index in [0.717, 1.165) is 48.4 Å². The maximum atomic E-state index is 12.9. The first-order valence-electron chi connectivity index (χ1n) is 14.1. The lowest BCUT2D eigenvalue weighted by Crippen LogP contribution is -2.26. The third kappa shape index (κ3) is 8.27. The number of amides is 2. The minimum absolute atomic E-state index is 0.124. The largest absolute Gasteiger partial charge is 0.495 e. The predicted octanol–water partition coefficient (Wildman–Crippen LogP) is 6.91. The number of anilines is 4. The van der Waals surface area contributed by atoms with Gasteiger partial charge in [-0.15, -0.1) is 0 Å². The van der Waals surface area contributed by atoms with Crippen LogP contribution in [-0.4, -0.2) is 39.1 Å². The molecule has 4 aromatic carbocycles. The molecule has 42 heavy (non-hydrogen) atoms. The Labute approximate surface area is 247 Å². The highest BCUT2D eigenvalue weighted by Crippen LogP contribution is 2.30. The first-order valence-corrected chi connectivity index (χ1v) is 14.1. The smallest absolute Gasteiger partial charge is 0.253 e. The van der Waals surface area contributed by atoms with Crippen LogP contribution in [-0.2, 0) is 0 Å². The monoisotopic (exact) mass is 566 g/mol. The SMILES string of the molecule is COc1ccccc1Nc1ccccc1C(=O)NCCCCCCNC(=O)c1ccccc1Nc1ccccc1OC. The predicted molar refractivity (Wildman–Crippen MR) is 169 cm³/mol. The maximum absolute atomic E-state index is 12.9. The van der Waals surface area contributed by atoms with Crippen molar-refractivity contribution in [2.24, 2.45) is 0 Å². The molecule has 4 N–H and O–H groups in total. The van der Waals surface area contributed by atoms with Gasteiger partial charge in [0.1, 0.15) is 11.5 Å². The molecule has 0 spiro atoms. The molecular weight excluding hydrogens is 528 g/mol. The Kier molecular flexibility index (Phi) is 11.2. The number of hydrogen-bond acceptors (Lipinski definition) is 6. The lowest BCUT2D eigenvalue weighted by Gasteiger charge is -2.15. The molecule has 2 amide bonds. The topological polar surface area (TPSA) is 101 Å². The summed E-state index contributed by atoms with van der Waals surface area (Å²) in [5.41, 5.74) is 4.18. The maximum Gasteiger partial charge on any atom is 0.253 e. The number of nitrogens with one attached hydrogen (secondary N) is 4. The number of carbonyl (C=O) groups is 2. The van der Waals surface area contributed by atoms with E-state index in [2.05, 4.69) is 21.3 Å². The van der Waals surface area contributed by atoms with Crippen molar-refractivity contribution in [3.63, 3.8) is 0 Å². The molecule has 4 rings (SSSR count). The van der Waals surface area contributed by atoms with Crippen molar-refractivity contribution in [2.75, 3.05) is 37.9 Å².